The van der Waals surface area contributed by atoms with Crippen LogP contribution in [0.2, 0.25) is 0 Å². The molecule has 0 bridgehead atoms. The Morgan fingerprint density at radius 2 is 0.797 bits per heavy atom. The molecule has 1 heterocycles. The summed E-state index contributed by atoms with van der Waals surface area (Å²) in [6.07, 6.45) is 0. The Hall–Kier alpha value is -8.46. The van der Waals surface area contributed by atoms with Gasteiger partial charge in [0.1, 0.15) is 11.2 Å². The highest BCUT2D eigenvalue weighted by atomic mass is 16.3. The lowest BCUT2D eigenvalue weighted by Gasteiger charge is -2.29. The highest BCUT2D eigenvalue weighted by molar-refractivity contribution is 6.06. The minimum Gasteiger partial charge on any atom is -0.456 e. The van der Waals surface area contributed by atoms with E-state index >= 15 is 0 Å². The van der Waals surface area contributed by atoms with Gasteiger partial charge in [0.2, 0.25) is 0 Å². The molecule has 11 aromatic carbocycles. The summed E-state index contributed by atoms with van der Waals surface area (Å²) in [4.78, 5) is 2.42. The highest BCUT2D eigenvalue weighted by Crippen LogP contribution is 2.45. The van der Waals surface area contributed by atoms with Crippen LogP contribution in [0.15, 0.2) is 253 Å². The zero-order chi connectivity index (χ0) is 42.4. The third-order valence-electron chi connectivity index (χ3n) is 12.7. The van der Waals surface area contributed by atoms with Crippen molar-refractivity contribution in [1.82, 2.24) is 0 Å². The Morgan fingerprint density at radius 3 is 1.64 bits per heavy atom. The van der Waals surface area contributed by atoms with Crippen LogP contribution in [0.25, 0.3) is 99.1 Å². The van der Waals surface area contributed by atoms with Crippen LogP contribution >= 0.6 is 0 Å². The number of hydrogen-bond acceptors (Lipinski definition) is 2. The van der Waals surface area contributed by atoms with Gasteiger partial charge in [0.05, 0.1) is 5.69 Å². The molecule has 0 saturated heterocycles. The van der Waals surface area contributed by atoms with Crippen LogP contribution in [-0.2, 0) is 0 Å². The molecule has 12 rings (SSSR count). The smallest absolute Gasteiger partial charge is 0.136 e. The van der Waals surface area contributed by atoms with E-state index in [0.717, 1.165) is 72.4 Å². The Labute approximate surface area is 372 Å². The standard InChI is InChI=1S/C62H41NO/c1-2-13-46(14-3-1)57-36-32-51(50-29-26-42-12-4-5-16-48(42)38-50)40-60(57)63(54-19-10-18-49(39-54)52-33-37-59-58-21-8-9-23-61(58)64-62(59)41-52)53-34-30-44(31-35-53)43-24-27-47(28-25-43)56-22-11-17-45-15-6-7-20-55(45)56/h1-41H. The zero-order valence-corrected chi connectivity index (χ0v) is 35.0. The lowest BCUT2D eigenvalue weighted by atomic mass is 9.95. The molecule has 0 aliphatic carbocycles. The van der Waals surface area contributed by atoms with Gasteiger partial charge in [0.25, 0.3) is 0 Å². The van der Waals surface area contributed by atoms with Gasteiger partial charge in [-0.05, 0) is 126 Å². The molecule has 0 radical (unpaired) electrons. The second-order valence-electron chi connectivity index (χ2n) is 16.5. The monoisotopic (exact) mass is 815 g/mol. The predicted octanol–water partition coefficient (Wildman–Crippen LogP) is 17.7. The molecule has 0 N–H and O–H groups in total. The van der Waals surface area contributed by atoms with Gasteiger partial charge in [0.15, 0.2) is 0 Å². The summed E-state index contributed by atoms with van der Waals surface area (Å²) in [5.74, 6) is 0. The third-order valence-corrected chi connectivity index (χ3v) is 12.7. The Morgan fingerprint density at radius 1 is 0.250 bits per heavy atom. The van der Waals surface area contributed by atoms with E-state index in [2.05, 4.69) is 241 Å². The van der Waals surface area contributed by atoms with Crippen molar-refractivity contribution in [2.75, 3.05) is 4.90 Å². The summed E-state index contributed by atoms with van der Waals surface area (Å²) in [6.45, 7) is 0. The third kappa shape index (κ3) is 6.79. The van der Waals surface area contributed by atoms with Crippen molar-refractivity contribution in [2.45, 2.75) is 0 Å². The molecule has 0 aliphatic rings. The second-order valence-corrected chi connectivity index (χ2v) is 16.5. The van der Waals surface area contributed by atoms with Gasteiger partial charge in [-0.3, -0.25) is 0 Å². The molecule has 0 saturated carbocycles. The van der Waals surface area contributed by atoms with Crippen molar-refractivity contribution >= 4 is 60.5 Å². The van der Waals surface area contributed by atoms with E-state index in [1.165, 1.54) is 43.8 Å². The minimum absolute atomic E-state index is 0.885. The first kappa shape index (κ1) is 37.3. The topological polar surface area (TPSA) is 16.4 Å². The maximum absolute atomic E-state index is 6.36. The number of fused-ring (bicyclic) bond motifs is 5. The van der Waals surface area contributed by atoms with Crippen molar-refractivity contribution in [2.24, 2.45) is 0 Å². The van der Waals surface area contributed by atoms with Gasteiger partial charge in [-0.1, -0.05) is 194 Å². The lowest BCUT2D eigenvalue weighted by Crippen LogP contribution is -2.11. The molecule has 64 heavy (non-hydrogen) atoms. The van der Waals surface area contributed by atoms with E-state index in [4.69, 9.17) is 4.42 Å². The predicted molar refractivity (Wildman–Crippen MR) is 271 cm³/mol. The molecule has 0 spiro atoms. The van der Waals surface area contributed by atoms with Crippen molar-refractivity contribution < 1.29 is 4.42 Å². The van der Waals surface area contributed by atoms with Crippen LogP contribution in [0, 0.1) is 0 Å². The van der Waals surface area contributed by atoms with Crippen molar-refractivity contribution in [3.8, 4) is 55.6 Å². The normalized spacial score (nSPS) is 11.4. The van der Waals surface area contributed by atoms with Gasteiger partial charge in [0, 0.05) is 27.7 Å². The Balaban J connectivity index is 0.994. The van der Waals surface area contributed by atoms with Crippen LogP contribution in [0.5, 0.6) is 0 Å². The van der Waals surface area contributed by atoms with Crippen molar-refractivity contribution in [1.29, 1.82) is 0 Å². The molecular formula is C62H41NO. The van der Waals surface area contributed by atoms with Gasteiger partial charge < -0.3 is 9.32 Å². The van der Waals surface area contributed by atoms with Gasteiger partial charge in [-0.25, -0.2) is 0 Å². The maximum atomic E-state index is 6.36. The first-order valence-electron chi connectivity index (χ1n) is 21.9. The second kappa shape index (κ2) is 15.8. The number of hydrogen-bond donors (Lipinski definition) is 0. The average molecular weight is 816 g/mol. The number of nitrogens with zero attached hydrogens (tertiary/aromatic N) is 1. The average Bonchev–Trinajstić information content (AvgIpc) is 3.75. The number of furan rings is 1. The number of anilines is 3. The first-order valence-corrected chi connectivity index (χ1v) is 21.9. The molecule has 0 fully saturated rings. The van der Waals surface area contributed by atoms with Gasteiger partial charge in [-0.15, -0.1) is 0 Å². The molecule has 0 amide bonds. The lowest BCUT2D eigenvalue weighted by molar-refractivity contribution is 0.669. The summed E-state index contributed by atoms with van der Waals surface area (Å²) in [5.41, 5.74) is 16.6. The first-order chi connectivity index (χ1) is 31.7. The van der Waals surface area contributed by atoms with Crippen LogP contribution in [0.1, 0.15) is 0 Å². The molecular weight excluding hydrogens is 775 g/mol. The molecule has 300 valence electrons. The van der Waals surface area contributed by atoms with Crippen molar-refractivity contribution in [3.63, 3.8) is 0 Å². The number of rotatable bonds is 8. The fraction of sp³-hybridized carbons (Fsp3) is 0. The summed E-state index contributed by atoms with van der Waals surface area (Å²) in [6, 6.07) is 89.9. The molecule has 0 unspecified atom stereocenters. The van der Waals surface area contributed by atoms with E-state index in [1.54, 1.807) is 0 Å². The minimum atomic E-state index is 0.885. The van der Waals surface area contributed by atoms with E-state index in [0.29, 0.717) is 0 Å². The molecule has 0 atom stereocenters. The quantitative estimate of drug-likeness (QED) is 0.152. The van der Waals surface area contributed by atoms with E-state index < -0.39 is 0 Å². The van der Waals surface area contributed by atoms with Gasteiger partial charge in [-0.2, -0.15) is 0 Å². The summed E-state index contributed by atoms with van der Waals surface area (Å²) >= 11 is 0. The molecule has 1 aromatic heterocycles. The molecule has 2 heteroatoms. The highest BCUT2D eigenvalue weighted by Gasteiger charge is 2.20. The van der Waals surface area contributed by atoms with Crippen molar-refractivity contribution in [3.05, 3.63) is 249 Å². The summed E-state index contributed by atoms with van der Waals surface area (Å²) in [5, 5.41) is 7.22. The molecule has 2 nitrogen and oxygen atoms in total. The SMILES string of the molecule is c1ccc(-c2ccc(-c3ccc4ccccc4c3)cc2N(c2ccc(-c3ccc(-c4cccc5ccccc45)cc3)cc2)c2cccc(-c3ccc4c(c3)oc3ccccc34)c2)cc1. The zero-order valence-electron chi connectivity index (χ0n) is 35.0. The van der Waals surface area contributed by atoms with E-state index in [9.17, 15) is 0 Å². The maximum Gasteiger partial charge on any atom is 0.136 e. The van der Waals surface area contributed by atoms with Crippen LogP contribution in [0.3, 0.4) is 0 Å². The van der Waals surface area contributed by atoms with Crippen LogP contribution in [-0.4, -0.2) is 0 Å². The van der Waals surface area contributed by atoms with E-state index in [1.807, 2.05) is 12.1 Å². The summed E-state index contributed by atoms with van der Waals surface area (Å²) < 4.78 is 6.36. The fourth-order valence-electron chi connectivity index (χ4n) is 9.41. The fourth-order valence-corrected chi connectivity index (χ4v) is 9.41. The van der Waals surface area contributed by atoms with E-state index in [-0.39, 0.29) is 0 Å². The molecule has 0 aliphatic heterocycles. The molecule has 12 aromatic rings. The van der Waals surface area contributed by atoms with Gasteiger partial charge >= 0.3 is 0 Å². The Bertz CT molecular complexity index is 3650. The van der Waals surface area contributed by atoms with Crippen LogP contribution < -0.4 is 4.90 Å². The number of benzene rings is 11. The largest absolute Gasteiger partial charge is 0.456 e. The Kier molecular flexibility index (Phi) is 9.20. The van der Waals surface area contributed by atoms with Crippen LogP contribution in [0.4, 0.5) is 17.1 Å². The number of para-hydroxylation sites is 1. The summed E-state index contributed by atoms with van der Waals surface area (Å²) in [7, 11) is 0.